The van der Waals surface area contributed by atoms with E-state index in [0.29, 0.717) is 19.3 Å². The maximum Gasteiger partial charge on any atom is 0.306 e. The van der Waals surface area contributed by atoms with E-state index in [2.05, 4.69) is 118 Å². The molecule has 0 fully saturated rings. The monoisotopic (exact) mass is 973 g/mol. The lowest BCUT2D eigenvalue weighted by Gasteiger charge is -2.18. The Labute approximate surface area is 432 Å². The fourth-order valence-electron chi connectivity index (χ4n) is 7.95. The summed E-state index contributed by atoms with van der Waals surface area (Å²) in [6.07, 6.45) is 76.9. The van der Waals surface area contributed by atoms with Gasteiger partial charge in [-0.2, -0.15) is 0 Å². The van der Waals surface area contributed by atoms with Crippen LogP contribution in [-0.4, -0.2) is 37.2 Å². The molecule has 0 bridgehead atoms. The third-order valence-electron chi connectivity index (χ3n) is 12.3. The normalized spacial score (nSPS) is 12.8. The van der Waals surface area contributed by atoms with E-state index in [4.69, 9.17) is 14.2 Å². The van der Waals surface area contributed by atoms with Crippen molar-refractivity contribution in [2.45, 2.75) is 277 Å². The molecule has 0 amide bonds. The smallest absolute Gasteiger partial charge is 0.306 e. The van der Waals surface area contributed by atoms with Crippen LogP contribution in [0.5, 0.6) is 0 Å². The molecule has 6 nitrogen and oxygen atoms in total. The van der Waals surface area contributed by atoms with Crippen molar-refractivity contribution in [1.29, 1.82) is 0 Å². The SMILES string of the molecule is CC/C=C\C/C=C\C/C=C\C/C=C\C/C=C\C/C=C\C/C=C\CCCCCCCC(=O)OCC(COC(=O)CCCCCCCCCCCC)OC(=O)CCCCCCC/C=C\CCCCCCCC. The molecule has 0 aliphatic heterocycles. The molecule has 6 heteroatoms. The summed E-state index contributed by atoms with van der Waals surface area (Å²) in [5, 5.41) is 0. The minimum Gasteiger partial charge on any atom is -0.462 e. The van der Waals surface area contributed by atoms with Crippen LogP contribution in [0.4, 0.5) is 0 Å². The molecular formula is C64H108O6. The van der Waals surface area contributed by atoms with E-state index in [1.807, 2.05) is 0 Å². The Balaban J connectivity index is 4.32. The molecule has 0 heterocycles. The van der Waals surface area contributed by atoms with Crippen molar-refractivity contribution in [3.05, 3.63) is 97.2 Å². The average Bonchev–Trinajstić information content (AvgIpc) is 3.36. The molecule has 400 valence electrons. The molecule has 0 saturated heterocycles. The number of allylic oxidation sites excluding steroid dienone is 16. The van der Waals surface area contributed by atoms with Crippen LogP contribution >= 0.6 is 0 Å². The van der Waals surface area contributed by atoms with Gasteiger partial charge in [0.15, 0.2) is 6.10 Å². The maximum atomic E-state index is 12.8. The minimum atomic E-state index is -0.788. The van der Waals surface area contributed by atoms with Crippen LogP contribution in [0.15, 0.2) is 97.2 Å². The summed E-state index contributed by atoms with van der Waals surface area (Å²) in [6.45, 7) is 6.49. The second-order valence-electron chi connectivity index (χ2n) is 19.2. The van der Waals surface area contributed by atoms with Crippen molar-refractivity contribution in [3.63, 3.8) is 0 Å². The average molecular weight is 974 g/mol. The maximum absolute atomic E-state index is 12.8. The van der Waals surface area contributed by atoms with E-state index in [0.717, 1.165) is 135 Å². The fourth-order valence-corrected chi connectivity index (χ4v) is 7.95. The van der Waals surface area contributed by atoms with Crippen molar-refractivity contribution in [2.75, 3.05) is 13.2 Å². The molecule has 1 atom stereocenters. The van der Waals surface area contributed by atoms with Crippen LogP contribution in [0.1, 0.15) is 271 Å². The molecule has 0 saturated carbocycles. The van der Waals surface area contributed by atoms with Gasteiger partial charge in [-0.1, -0.05) is 246 Å². The summed E-state index contributed by atoms with van der Waals surface area (Å²) in [5.74, 6) is -0.912. The molecule has 70 heavy (non-hydrogen) atoms. The summed E-state index contributed by atoms with van der Waals surface area (Å²) in [4.78, 5) is 38.1. The van der Waals surface area contributed by atoms with Crippen LogP contribution in [0, 0.1) is 0 Å². The van der Waals surface area contributed by atoms with E-state index in [1.54, 1.807) is 0 Å². The highest BCUT2D eigenvalue weighted by molar-refractivity contribution is 5.71. The van der Waals surface area contributed by atoms with Crippen molar-refractivity contribution < 1.29 is 28.6 Å². The van der Waals surface area contributed by atoms with E-state index >= 15 is 0 Å². The number of carbonyl (C=O) groups is 3. The first-order chi connectivity index (χ1) is 34.5. The number of unbranched alkanes of at least 4 members (excludes halogenated alkanes) is 25. The Kier molecular flexibility index (Phi) is 54.9. The molecule has 0 aliphatic rings. The van der Waals surface area contributed by atoms with Crippen molar-refractivity contribution in [3.8, 4) is 0 Å². The van der Waals surface area contributed by atoms with Crippen LogP contribution < -0.4 is 0 Å². The van der Waals surface area contributed by atoms with Crippen LogP contribution in [0.25, 0.3) is 0 Å². The van der Waals surface area contributed by atoms with Gasteiger partial charge >= 0.3 is 17.9 Å². The third kappa shape index (κ3) is 55.3. The number of hydrogen-bond donors (Lipinski definition) is 0. The predicted octanol–water partition coefficient (Wildman–Crippen LogP) is 19.7. The molecule has 0 aliphatic carbocycles. The van der Waals surface area contributed by atoms with Crippen molar-refractivity contribution >= 4 is 17.9 Å². The topological polar surface area (TPSA) is 78.9 Å². The van der Waals surface area contributed by atoms with Crippen LogP contribution in [0.2, 0.25) is 0 Å². The van der Waals surface area contributed by atoms with Gasteiger partial charge in [-0.15, -0.1) is 0 Å². The number of esters is 3. The molecule has 0 rings (SSSR count). The molecule has 0 aromatic heterocycles. The van der Waals surface area contributed by atoms with Crippen LogP contribution in [-0.2, 0) is 28.6 Å². The third-order valence-corrected chi connectivity index (χ3v) is 12.3. The van der Waals surface area contributed by atoms with Gasteiger partial charge in [-0.05, 0) is 103 Å². The number of ether oxygens (including phenoxy) is 3. The number of hydrogen-bond acceptors (Lipinski definition) is 6. The van der Waals surface area contributed by atoms with Gasteiger partial charge in [0.25, 0.3) is 0 Å². The van der Waals surface area contributed by atoms with Crippen molar-refractivity contribution in [1.82, 2.24) is 0 Å². The van der Waals surface area contributed by atoms with Gasteiger partial charge in [0, 0.05) is 19.3 Å². The summed E-state index contributed by atoms with van der Waals surface area (Å²) in [6, 6.07) is 0. The lowest BCUT2D eigenvalue weighted by molar-refractivity contribution is -0.167. The first-order valence-electron chi connectivity index (χ1n) is 29.2. The fraction of sp³-hybridized carbons (Fsp3) is 0.703. The zero-order chi connectivity index (χ0) is 50.7. The minimum absolute atomic E-state index is 0.0855. The largest absolute Gasteiger partial charge is 0.462 e. The second kappa shape index (κ2) is 57.9. The Bertz CT molecular complexity index is 1400. The Morgan fingerprint density at radius 3 is 0.886 bits per heavy atom. The van der Waals surface area contributed by atoms with Gasteiger partial charge in [-0.3, -0.25) is 14.4 Å². The summed E-state index contributed by atoms with van der Waals surface area (Å²) in [5.41, 5.74) is 0. The van der Waals surface area contributed by atoms with Gasteiger partial charge < -0.3 is 14.2 Å². The summed E-state index contributed by atoms with van der Waals surface area (Å²) >= 11 is 0. The highest BCUT2D eigenvalue weighted by Crippen LogP contribution is 2.15. The summed E-state index contributed by atoms with van der Waals surface area (Å²) < 4.78 is 16.8. The Morgan fingerprint density at radius 2 is 0.557 bits per heavy atom. The molecule has 0 radical (unpaired) electrons. The Morgan fingerprint density at radius 1 is 0.300 bits per heavy atom. The molecule has 0 N–H and O–H groups in total. The number of carbonyl (C=O) groups excluding carboxylic acids is 3. The first-order valence-corrected chi connectivity index (χ1v) is 29.2. The predicted molar refractivity (Wildman–Crippen MR) is 302 cm³/mol. The molecule has 0 spiro atoms. The molecule has 1 unspecified atom stereocenters. The quantitative estimate of drug-likeness (QED) is 0.0262. The molecular weight excluding hydrogens is 865 g/mol. The first kappa shape index (κ1) is 66.3. The molecule has 0 aromatic rings. The second-order valence-corrected chi connectivity index (χ2v) is 19.2. The van der Waals surface area contributed by atoms with E-state index in [-0.39, 0.29) is 31.1 Å². The van der Waals surface area contributed by atoms with Crippen LogP contribution in [0.3, 0.4) is 0 Å². The highest BCUT2D eigenvalue weighted by Gasteiger charge is 2.19. The van der Waals surface area contributed by atoms with E-state index in [1.165, 1.54) is 96.3 Å². The van der Waals surface area contributed by atoms with Gasteiger partial charge in [0.1, 0.15) is 13.2 Å². The van der Waals surface area contributed by atoms with E-state index in [9.17, 15) is 14.4 Å². The lowest BCUT2D eigenvalue weighted by atomic mass is 10.1. The zero-order valence-electron chi connectivity index (χ0n) is 45.8. The van der Waals surface area contributed by atoms with Crippen molar-refractivity contribution in [2.24, 2.45) is 0 Å². The van der Waals surface area contributed by atoms with Gasteiger partial charge in [-0.25, -0.2) is 0 Å². The van der Waals surface area contributed by atoms with Gasteiger partial charge in [0.2, 0.25) is 0 Å². The number of rotatable bonds is 52. The van der Waals surface area contributed by atoms with E-state index < -0.39 is 6.10 Å². The standard InChI is InChI=1S/C64H108O6/c1-4-7-10-13-16-19-22-24-26-27-28-29-30-31-32-33-34-35-36-37-39-40-42-45-48-51-54-57-63(66)69-60-61(59-68-62(65)56-53-50-47-44-21-18-15-12-9-6-3)70-64(67)58-55-52-49-46-43-41-38-25-23-20-17-14-11-8-5-2/h7,10,16,19,24-26,28-29,31-32,34-35,37-39,61H,4-6,8-9,11-15,17-18,20-23,27,30,33,36,40-60H2,1-3H3/b10-7-,19-16-,26-24-,29-28-,32-31-,35-34-,38-25-,39-37-. The lowest BCUT2D eigenvalue weighted by Crippen LogP contribution is -2.30. The Hall–Kier alpha value is -3.67. The summed E-state index contributed by atoms with van der Waals surface area (Å²) in [7, 11) is 0. The van der Waals surface area contributed by atoms with Gasteiger partial charge in [0.05, 0.1) is 0 Å². The molecule has 0 aromatic carbocycles. The highest BCUT2D eigenvalue weighted by atomic mass is 16.6. The zero-order valence-corrected chi connectivity index (χ0v) is 45.8.